The third-order valence-electron chi connectivity index (χ3n) is 4.68. The van der Waals surface area contributed by atoms with E-state index < -0.39 is 0 Å². The molecule has 0 unspecified atom stereocenters. The van der Waals surface area contributed by atoms with E-state index in [-0.39, 0.29) is 11.2 Å². The van der Waals surface area contributed by atoms with E-state index in [2.05, 4.69) is 39.7 Å². The molecule has 0 aliphatic heterocycles. The molecule has 0 fully saturated rings. The number of nitrogens with one attached hydrogen (secondary N) is 2. The van der Waals surface area contributed by atoms with Crippen molar-refractivity contribution in [2.75, 3.05) is 26.8 Å². The van der Waals surface area contributed by atoms with E-state index in [0.29, 0.717) is 25.7 Å². The van der Waals surface area contributed by atoms with Gasteiger partial charge in [-0.25, -0.2) is 9.38 Å². The molecule has 2 rings (SSSR count). The molecule has 1 aromatic heterocycles. The molecular formula is C20H31FN6O. The van der Waals surface area contributed by atoms with Crippen LogP contribution in [0, 0.1) is 12.7 Å². The van der Waals surface area contributed by atoms with Gasteiger partial charge < -0.3 is 19.9 Å². The van der Waals surface area contributed by atoms with E-state index in [1.54, 1.807) is 19.2 Å². The molecule has 8 heteroatoms. The molecule has 0 aliphatic carbocycles. The zero-order chi connectivity index (χ0) is 20.6. The predicted octanol–water partition coefficient (Wildman–Crippen LogP) is 2.31. The van der Waals surface area contributed by atoms with E-state index in [9.17, 15) is 4.39 Å². The van der Waals surface area contributed by atoms with Gasteiger partial charge in [-0.1, -0.05) is 26.0 Å². The van der Waals surface area contributed by atoms with Crippen LogP contribution < -0.4 is 10.6 Å². The van der Waals surface area contributed by atoms with Crippen LogP contribution in [0.15, 0.2) is 29.3 Å². The Labute approximate surface area is 166 Å². The first kappa shape index (κ1) is 21.8. The number of aryl methyl sites for hydroxylation is 1. The maximum atomic E-state index is 13.6. The van der Waals surface area contributed by atoms with Gasteiger partial charge in [0.05, 0.1) is 0 Å². The summed E-state index contributed by atoms with van der Waals surface area (Å²) in [5.74, 6) is 2.09. The number of nitrogens with zero attached hydrogens (tertiary/aromatic N) is 4. The van der Waals surface area contributed by atoms with Crippen molar-refractivity contribution in [2.24, 2.45) is 12.0 Å². The Kier molecular flexibility index (Phi) is 7.92. The van der Waals surface area contributed by atoms with Gasteiger partial charge in [-0.15, -0.1) is 10.2 Å². The fourth-order valence-electron chi connectivity index (χ4n) is 2.65. The first-order valence-corrected chi connectivity index (χ1v) is 9.45. The number of guanidine groups is 1. The van der Waals surface area contributed by atoms with Crippen LogP contribution in [-0.2, 0) is 23.7 Å². The molecular weight excluding hydrogens is 359 g/mol. The fourth-order valence-corrected chi connectivity index (χ4v) is 2.65. The van der Waals surface area contributed by atoms with Gasteiger partial charge in [-0.05, 0) is 31.0 Å². The number of aliphatic imine (C=N–C) groups is 1. The Hall–Kier alpha value is -2.48. The number of rotatable bonds is 9. The molecule has 154 valence electrons. The van der Waals surface area contributed by atoms with Crippen molar-refractivity contribution in [3.63, 3.8) is 0 Å². The van der Waals surface area contributed by atoms with Gasteiger partial charge >= 0.3 is 0 Å². The number of benzene rings is 1. The van der Waals surface area contributed by atoms with Crippen LogP contribution in [0.5, 0.6) is 0 Å². The molecule has 0 aliphatic rings. The van der Waals surface area contributed by atoms with E-state index in [1.807, 2.05) is 24.6 Å². The third kappa shape index (κ3) is 6.30. The van der Waals surface area contributed by atoms with Crippen LogP contribution in [-0.4, -0.2) is 47.5 Å². The zero-order valence-electron chi connectivity index (χ0n) is 17.4. The molecule has 0 bridgehead atoms. The summed E-state index contributed by atoms with van der Waals surface area (Å²) < 4.78 is 20.6. The summed E-state index contributed by atoms with van der Waals surface area (Å²) >= 11 is 0. The Morgan fingerprint density at radius 2 is 2.07 bits per heavy atom. The summed E-state index contributed by atoms with van der Waals surface area (Å²) in [6.07, 6.45) is 0.869. The highest BCUT2D eigenvalue weighted by Gasteiger charge is 2.21. The van der Waals surface area contributed by atoms with Gasteiger partial charge in [-0.3, -0.25) is 0 Å². The van der Waals surface area contributed by atoms with Crippen molar-refractivity contribution >= 4 is 5.96 Å². The molecule has 0 saturated carbocycles. The van der Waals surface area contributed by atoms with Gasteiger partial charge in [-0.2, -0.15) is 0 Å². The highest BCUT2D eigenvalue weighted by atomic mass is 19.1. The third-order valence-corrected chi connectivity index (χ3v) is 4.68. The maximum absolute atomic E-state index is 13.6. The molecule has 2 aromatic rings. The van der Waals surface area contributed by atoms with E-state index in [0.717, 1.165) is 30.2 Å². The lowest BCUT2D eigenvalue weighted by Gasteiger charge is -2.27. The van der Waals surface area contributed by atoms with Crippen molar-refractivity contribution in [1.29, 1.82) is 0 Å². The number of aromatic nitrogens is 3. The summed E-state index contributed by atoms with van der Waals surface area (Å²) in [4.78, 5) is 4.64. The minimum absolute atomic E-state index is 0.227. The second kappa shape index (κ2) is 10.2. The van der Waals surface area contributed by atoms with Gasteiger partial charge in [0.15, 0.2) is 11.8 Å². The van der Waals surface area contributed by atoms with Gasteiger partial charge in [0.1, 0.15) is 18.2 Å². The molecule has 7 nitrogen and oxygen atoms in total. The summed E-state index contributed by atoms with van der Waals surface area (Å²) in [5, 5.41) is 14.9. The quantitative estimate of drug-likeness (QED) is 0.390. The number of hydrogen-bond acceptors (Lipinski definition) is 4. The molecule has 1 heterocycles. The summed E-state index contributed by atoms with van der Waals surface area (Å²) in [5.41, 5.74) is 0.668. The Balaban J connectivity index is 2.05. The number of methoxy groups -OCH3 is 1. The Morgan fingerprint density at radius 3 is 2.71 bits per heavy atom. The Morgan fingerprint density at radius 1 is 1.29 bits per heavy atom. The van der Waals surface area contributed by atoms with Gasteiger partial charge in [0, 0.05) is 39.3 Å². The minimum Gasteiger partial charge on any atom is -0.385 e. The van der Waals surface area contributed by atoms with E-state index >= 15 is 0 Å². The molecule has 0 radical (unpaired) electrons. The standard InChI is InChI=1S/C20H31FN6O/c1-15-25-26-18(27(15)4)13-23-19(22-10-7-11-28-5)24-14-20(2,3)16-8-6-9-17(21)12-16/h6,8-9,12H,7,10-11,13-14H2,1-5H3,(H2,22,23,24). The number of ether oxygens (including phenoxy) is 1. The lowest BCUT2D eigenvalue weighted by Crippen LogP contribution is -2.44. The van der Waals surface area contributed by atoms with E-state index in [1.165, 1.54) is 6.07 Å². The van der Waals surface area contributed by atoms with Crippen LogP contribution >= 0.6 is 0 Å². The van der Waals surface area contributed by atoms with Crippen molar-refractivity contribution in [2.45, 2.75) is 39.2 Å². The van der Waals surface area contributed by atoms with Crippen molar-refractivity contribution in [3.05, 3.63) is 47.3 Å². The number of hydrogen-bond donors (Lipinski definition) is 2. The Bertz CT molecular complexity index is 787. The number of halogens is 1. The highest BCUT2D eigenvalue weighted by molar-refractivity contribution is 5.79. The van der Waals surface area contributed by atoms with Crippen LogP contribution in [0.3, 0.4) is 0 Å². The van der Waals surface area contributed by atoms with Crippen molar-refractivity contribution < 1.29 is 9.13 Å². The van der Waals surface area contributed by atoms with Crippen LogP contribution in [0.2, 0.25) is 0 Å². The molecule has 0 saturated heterocycles. The molecule has 0 atom stereocenters. The molecule has 0 amide bonds. The van der Waals surface area contributed by atoms with Crippen LogP contribution in [0.4, 0.5) is 4.39 Å². The SMILES string of the molecule is COCCCNC(=NCc1nnc(C)n1C)NCC(C)(C)c1cccc(F)c1. The van der Waals surface area contributed by atoms with Crippen LogP contribution in [0.1, 0.15) is 37.5 Å². The first-order valence-electron chi connectivity index (χ1n) is 9.45. The minimum atomic E-state index is -0.265. The maximum Gasteiger partial charge on any atom is 0.191 e. The predicted molar refractivity (Wildman–Crippen MR) is 109 cm³/mol. The molecule has 28 heavy (non-hydrogen) atoms. The summed E-state index contributed by atoms with van der Waals surface area (Å²) in [7, 11) is 3.61. The second-order valence-electron chi connectivity index (χ2n) is 7.41. The smallest absolute Gasteiger partial charge is 0.191 e. The average Bonchev–Trinajstić information content (AvgIpc) is 2.98. The lowest BCUT2D eigenvalue weighted by molar-refractivity contribution is 0.195. The fraction of sp³-hybridized carbons (Fsp3) is 0.550. The normalized spacial score (nSPS) is 12.3. The molecule has 2 N–H and O–H groups in total. The zero-order valence-corrected chi connectivity index (χ0v) is 17.4. The topological polar surface area (TPSA) is 76.4 Å². The lowest BCUT2D eigenvalue weighted by atomic mass is 9.84. The second-order valence-corrected chi connectivity index (χ2v) is 7.41. The van der Waals surface area contributed by atoms with Crippen molar-refractivity contribution in [1.82, 2.24) is 25.4 Å². The molecule has 0 spiro atoms. The van der Waals surface area contributed by atoms with Crippen molar-refractivity contribution in [3.8, 4) is 0 Å². The molecule has 1 aromatic carbocycles. The summed E-state index contributed by atoms with van der Waals surface area (Å²) in [6.45, 7) is 8.48. The van der Waals surface area contributed by atoms with Crippen LogP contribution in [0.25, 0.3) is 0 Å². The monoisotopic (exact) mass is 390 g/mol. The van der Waals surface area contributed by atoms with Gasteiger partial charge in [0.25, 0.3) is 0 Å². The largest absolute Gasteiger partial charge is 0.385 e. The highest BCUT2D eigenvalue weighted by Crippen LogP contribution is 2.22. The first-order chi connectivity index (χ1) is 13.3. The van der Waals surface area contributed by atoms with Gasteiger partial charge in [0.2, 0.25) is 0 Å². The van der Waals surface area contributed by atoms with E-state index in [4.69, 9.17) is 4.74 Å². The average molecular weight is 391 g/mol. The summed E-state index contributed by atoms with van der Waals surface area (Å²) in [6, 6.07) is 6.71.